The summed E-state index contributed by atoms with van der Waals surface area (Å²) < 4.78 is 31.4. The Bertz CT molecular complexity index is 961. The van der Waals surface area contributed by atoms with Gasteiger partial charge in [-0.25, -0.2) is 8.42 Å². The lowest BCUT2D eigenvalue weighted by Gasteiger charge is -2.19. The number of ether oxygens (including phenoxy) is 1. The van der Waals surface area contributed by atoms with Crippen LogP contribution in [0.3, 0.4) is 0 Å². The van der Waals surface area contributed by atoms with Gasteiger partial charge in [0.2, 0.25) is 0 Å². The summed E-state index contributed by atoms with van der Waals surface area (Å²) in [6, 6.07) is 8.14. The molecule has 8 nitrogen and oxygen atoms in total. The number of carbonyl (C=O) groups is 2. The van der Waals surface area contributed by atoms with E-state index in [9.17, 15) is 18.0 Å². The molecule has 156 valence electrons. The van der Waals surface area contributed by atoms with Crippen molar-refractivity contribution in [3.05, 3.63) is 59.4 Å². The number of hydrogen-bond donors (Lipinski definition) is 2. The Morgan fingerprint density at radius 3 is 2.45 bits per heavy atom. The van der Waals surface area contributed by atoms with Gasteiger partial charge in [-0.1, -0.05) is 12.1 Å². The molecule has 2 N–H and O–H groups in total. The van der Waals surface area contributed by atoms with Gasteiger partial charge in [0.25, 0.3) is 0 Å². The largest absolute Gasteiger partial charge is 0.383 e. The number of carbonyl (C=O) groups excluding carboxylic acids is 2. The molecule has 2 amide bonds. The number of benzene rings is 1. The van der Waals surface area contributed by atoms with Crippen LogP contribution in [0.2, 0.25) is 0 Å². The van der Waals surface area contributed by atoms with Gasteiger partial charge in [-0.2, -0.15) is 0 Å². The fourth-order valence-corrected chi connectivity index (χ4v) is 4.37. The van der Waals surface area contributed by atoms with Crippen molar-refractivity contribution in [1.29, 1.82) is 0 Å². The van der Waals surface area contributed by atoms with Crippen LogP contribution >= 0.6 is 0 Å². The quantitative estimate of drug-likeness (QED) is 0.489. The summed E-state index contributed by atoms with van der Waals surface area (Å²) in [5.41, 5.74) is 2.24. The lowest BCUT2D eigenvalue weighted by atomic mass is 10.1. The predicted molar refractivity (Wildman–Crippen MR) is 108 cm³/mol. The van der Waals surface area contributed by atoms with Crippen molar-refractivity contribution in [2.24, 2.45) is 0 Å². The summed E-state index contributed by atoms with van der Waals surface area (Å²) in [5.74, 6) is -1.76. The number of amides is 2. The van der Waals surface area contributed by atoms with E-state index in [1.807, 2.05) is 13.8 Å². The molecular formula is C20H25N3O5S. The van der Waals surface area contributed by atoms with Crippen LogP contribution in [0.1, 0.15) is 21.9 Å². The SMILES string of the molecule is COCCNC(=O)C(=O)NC[C@@H](c1cccnc1)S(=O)(=O)c1ccc(C)c(C)c1. The molecule has 0 spiro atoms. The molecule has 2 rings (SSSR count). The van der Waals surface area contributed by atoms with E-state index in [4.69, 9.17) is 4.74 Å². The number of sulfone groups is 1. The summed E-state index contributed by atoms with van der Waals surface area (Å²) in [7, 11) is -2.37. The zero-order valence-corrected chi connectivity index (χ0v) is 17.5. The van der Waals surface area contributed by atoms with Crippen molar-refractivity contribution in [1.82, 2.24) is 15.6 Å². The van der Waals surface area contributed by atoms with Gasteiger partial charge in [0.05, 0.1) is 11.5 Å². The number of aryl methyl sites for hydroxylation is 2. The van der Waals surface area contributed by atoms with Crippen LogP contribution in [0.4, 0.5) is 0 Å². The van der Waals surface area contributed by atoms with E-state index in [-0.39, 0.29) is 24.6 Å². The highest BCUT2D eigenvalue weighted by Crippen LogP contribution is 2.29. The Morgan fingerprint density at radius 1 is 1.10 bits per heavy atom. The van der Waals surface area contributed by atoms with Gasteiger partial charge in [-0.15, -0.1) is 0 Å². The lowest BCUT2D eigenvalue weighted by Crippen LogP contribution is -2.43. The van der Waals surface area contributed by atoms with Gasteiger partial charge in [-0.3, -0.25) is 14.6 Å². The monoisotopic (exact) mass is 419 g/mol. The molecule has 29 heavy (non-hydrogen) atoms. The van der Waals surface area contributed by atoms with Gasteiger partial charge in [0, 0.05) is 32.6 Å². The van der Waals surface area contributed by atoms with E-state index >= 15 is 0 Å². The average molecular weight is 420 g/mol. The van der Waals surface area contributed by atoms with Crippen LogP contribution in [-0.4, -0.2) is 52.0 Å². The Labute approximate surface area is 170 Å². The minimum Gasteiger partial charge on any atom is -0.383 e. The molecule has 0 bridgehead atoms. The lowest BCUT2D eigenvalue weighted by molar-refractivity contribution is -0.139. The highest BCUT2D eigenvalue weighted by Gasteiger charge is 2.30. The summed E-state index contributed by atoms with van der Waals surface area (Å²) in [5, 5.41) is 3.72. The van der Waals surface area contributed by atoms with Crippen molar-refractivity contribution in [2.75, 3.05) is 26.8 Å². The molecule has 0 aliphatic heterocycles. The van der Waals surface area contributed by atoms with Crippen molar-refractivity contribution < 1.29 is 22.7 Å². The molecule has 1 aromatic carbocycles. The van der Waals surface area contributed by atoms with Crippen LogP contribution < -0.4 is 10.6 Å². The summed E-state index contributed by atoms with van der Waals surface area (Å²) in [4.78, 5) is 28.0. The highest BCUT2D eigenvalue weighted by molar-refractivity contribution is 7.91. The van der Waals surface area contributed by atoms with Gasteiger partial charge >= 0.3 is 11.8 Å². The first-order valence-electron chi connectivity index (χ1n) is 9.03. The van der Waals surface area contributed by atoms with Crippen molar-refractivity contribution >= 4 is 21.7 Å². The molecule has 0 fully saturated rings. The van der Waals surface area contributed by atoms with Gasteiger partial charge in [-0.05, 0) is 48.7 Å². The normalized spacial score (nSPS) is 12.2. The first-order chi connectivity index (χ1) is 13.8. The minimum atomic E-state index is -3.84. The van der Waals surface area contributed by atoms with Crippen molar-refractivity contribution in [2.45, 2.75) is 24.0 Å². The third kappa shape index (κ3) is 5.85. The van der Waals surface area contributed by atoms with Gasteiger partial charge < -0.3 is 15.4 Å². The second kappa shape index (κ2) is 10.1. The Morgan fingerprint density at radius 2 is 1.83 bits per heavy atom. The molecule has 1 atom stereocenters. The average Bonchev–Trinajstić information content (AvgIpc) is 2.70. The number of nitrogens with one attached hydrogen (secondary N) is 2. The maximum Gasteiger partial charge on any atom is 0.309 e. The number of aromatic nitrogens is 1. The van der Waals surface area contributed by atoms with E-state index < -0.39 is 26.9 Å². The second-order valence-electron chi connectivity index (χ2n) is 6.52. The first kappa shape index (κ1) is 22.5. The van der Waals surface area contributed by atoms with Crippen LogP contribution in [0.25, 0.3) is 0 Å². The maximum absolute atomic E-state index is 13.3. The molecular weight excluding hydrogens is 394 g/mol. The fraction of sp³-hybridized carbons (Fsp3) is 0.350. The molecule has 0 saturated carbocycles. The summed E-state index contributed by atoms with van der Waals surface area (Å²) in [6.45, 7) is 3.90. The van der Waals surface area contributed by atoms with Gasteiger partial charge in [0.1, 0.15) is 5.25 Å². The number of rotatable bonds is 8. The predicted octanol–water partition coefficient (Wildman–Crippen LogP) is 1.09. The first-order valence-corrected chi connectivity index (χ1v) is 10.6. The Balaban J connectivity index is 2.25. The molecule has 1 aromatic heterocycles. The van der Waals surface area contributed by atoms with Crippen LogP contribution in [0.5, 0.6) is 0 Å². The highest BCUT2D eigenvalue weighted by atomic mass is 32.2. The molecule has 2 aromatic rings. The number of methoxy groups -OCH3 is 1. The summed E-state index contributed by atoms with van der Waals surface area (Å²) >= 11 is 0. The third-order valence-electron chi connectivity index (χ3n) is 4.48. The maximum atomic E-state index is 13.3. The summed E-state index contributed by atoms with van der Waals surface area (Å²) in [6.07, 6.45) is 2.97. The van der Waals surface area contributed by atoms with E-state index in [2.05, 4.69) is 15.6 Å². The third-order valence-corrected chi connectivity index (χ3v) is 6.58. The Hall–Kier alpha value is -2.78. The van der Waals surface area contributed by atoms with Crippen LogP contribution in [-0.2, 0) is 24.2 Å². The zero-order valence-electron chi connectivity index (χ0n) is 16.6. The topological polar surface area (TPSA) is 114 Å². The van der Waals surface area contributed by atoms with Crippen molar-refractivity contribution in [3.63, 3.8) is 0 Å². The number of pyridine rings is 1. The fourth-order valence-electron chi connectivity index (χ4n) is 2.64. The second-order valence-corrected chi connectivity index (χ2v) is 8.66. The molecule has 0 aliphatic rings. The standard InChI is InChI=1S/C20H25N3O5S/c1-14-6-7-17(11-15(14)2)29(26,27)18(16-5-4-8-21-12-16)13-23-20(25)19(24)22-9-10-28-3/h4-8,11-12,18H,9-10,13H2,1-3H3,(H,22,24)(H,23,25)/t18-/m0/s1. The van der Waals surface area contributed by atoms with E-state index in [1.54, 1.807) is 30.3 Å². The van der Waals surface area contributed by atoms with Crippen LogP contribution in [0, 0.1) is 13.8 Å². The molecule has 0 unspecified atom stereocenters. The molecule has 0 saturated heterocycles. The minimum absolute atomic E-state index is 0.147. The van der Waals surface area contributed by atoms with Crippen LogP contribution in [0.15, 0.2) is 47.6 Å². The molecule has 0 radical (unpaired) electrons. The number of hydrogen-bond acceptors (Lipinski definition) is 6. The van der Waals surface area contributed by atoms with E-state index in [0.717, 1.165) is 11.1 Å². The number of nitrogens with zero attached hydrogens (tertiary/aromatic N) is 1. The van der Waals surface area contributed by atoms with E-state index in [1.165, 1.54) is 19.5 Å². The molecule has 0 aliphatic carbocycles. The Kier molecular flexibility index (Phi) is 7.86. The smallest absolute Gasteiger partial charge is 0.309 e. The zero-order chi connectivity index (χ0) is 21.4. The van der Waals surface area contributed by atoms with E-state index in [0.29, 0.717) is 5.56 Å². The molecule has 9 heteroatoms. The van der Waals surface area contributed by atoms with Gasteiger partial charge in [0.15, 0.2) is 9.84 Å². The molecule has 1 heterocycles. The van der Waals surface area contributed by atoms with Crippen molar-refractivity contribution in [3.8, 4) is 0 Å².